The van der Waals surface area contributed by atoms with Gasteiger partial charge >= 0.3 is 12.1 Å². The molecular weight excluding hydrogens is 253 g/mol. The van der Waals surface area contributed by atoms with E-state index >= 15 is 0 Å². The Labute approximate surface area is 101 Å². The summed E-state index contributed by atoms with van der Waals surface area (Å²) in [7, 11) is 1.36. The lowest BCUT2D eigenvalue weighted by Crippen LogP contribution is -2.40. The molecule has 1 aromatic heterocycles. The predicted octanol–water partition coefficient (Wildman–Crippen LogP) is 2.03. The first-order valence-electron chi connectivity index (χ1n) is 5.08. The van der Waals surface area contributed by atoms with Crippen molar-refractivity contribution in [2.24, 2.45) is 0 Å². The van der Waals surface area contributed by atoms with E-state index in [0.717, 1.165) is 4.68 Å². The summed E-state index contributed by atoms with van der Waals surface area (Å²) in [6, 6.07) is 0. The first-order chi connectivity index (χ1) is 8.19. The number of aliphatic carboxylic acids is 1. The van der Waals surface area contributed by atoms with Gasteiger partial charge in [0.2, 0.25) is 0 Å². The molecule has 0 saturated carbocycles. The van der Waals surface area contributed by atoms with Crippen LogP contribution in [0.5, 0.6) is 5.75 Å². The van der Waals surface area contributed by atoms with Gasteiger partial charge in [-0.2, -0.15) is 18.3 Å². The zero-order valence-corrected chi connectivity index (χ0v) is 9.86. The fraction of sp³-hybridized carbons (Fsp3) is 0.600. The zero-order valence-electron chi connectivity index (χ0n) is 9.86. The quantitative estimate of drug-likeness (QED) is 0.885. The summed E-state index contributed by atoms with van der Waals surface area (Å²) in [6.45, 7) is 1.19. The highest BCUT2D eigenvalue weighted by molar-refractivity contribution is 5.76. The summed E-state index contributed by atoms with van der Waals surface area (Å²) in [5, 5.41) is 12.8. The fourth-order valence-electron chi connectivity index (χ4n) is 1.39. The van der Waals surface area contributed by atoms with Crippen molar-refractivity contribution in [3.8, 4) is 5.75 Å². The summed E-state index contributed by atoms with van der Waals surface area (Å²) >= 11 is 0. The van der Waals surface area contributed by atoms with Gasteiger partial charge in [0, 0.05) is 6.42 Å². The normalized spacial score (nSPS) is 15.2. The molecule has 0 aliphatic rings. The number of methoxy groups -OCH3 is 1. The van der Waals surface area contributed by atoms with Crippen LogP contribution in [0.15, 0.2) is 12.4 Å². The number of rotatable bonds is 5. The number of ether oxygens (including phenoxy) is 1. The molecule has 1 rings (SSSR count). The van der Waals surface area contributed by atoms with E-state index in [4.69, 9.17) is 9.84 Å². The molecule has 0 aromatic carbocycles. The van der Waals surface area contributed by atoms with Gasteiger partial charge < -0.3 is 9.84 Å². The summed E-state index contributed by atoms with van der Waals surface area (Å²) in [5.74, 6) is -1.09. The Morgan fingerprint density at radius 2 is 2.11 bits per heavy atom. The highest BCUT2D eigenvalue weighted by atomic mass is 19.4. The monoisotopic (exact) mass is 266 g/mol. The Hall–Kier alpha value is -1.73. The van der Waals surface area contributed by atoms with Crippen LogP contribution < -0.4 is 4.74 Å². The van der Waals surface area contributed by atoms with E-state index in [1.165, 1.54) is 26.4 Å². The molecule has 1 aromatic rings. The van der Waals surface area contributed by atoms with Gasteiger partial charge in [-0.15, -0.1) is 0 Å². The van der Waals surface area contributed by atoms with Gasteiger partial charge in [-0.3, -0.25) is 4.68 Å². The predicted molar refractivity (Wildman–Crippen MR) is 55.4 cm³/mol. The van der Waals surface area contributed by atoms with E-state index < -0.39 is 30.5 Å². The molecule has 0 radical (unpaired) electrons. The molecule has 0 fully saturated rings. The fourth-order valence-corrected chi connectivity index (χ4v) is 1.39. The summed E-state index contributed by atoms with van der Waals surface area (Å²) in [4.78, 5) is 11.2. The average molecular weight is 266 g/mol. The van der Waals surface area contributed by atoms with Gasteiger partial charge in [-0.25, -0.2) is 4.79 Å². The molecule has 1 atom stereocenters. The highest BCUT2D eigenvalue weighted by Gasteiger charge is 2.40. The van der Waals surface area contributed by atoms with Crippen molar-refractivity contribution >= 4 is 5.97 Å². The van der Waals surface area contributed by atoms with E-state index in [-0.39, 0.29) is 5.75 Å². The van der Waals surface area contributed by atoms with Crippen LogP contribution in [0.2, 0.25) is 0 Å². The van der Waals surface area contributed by atoms with E-state index in [2.05, 4.69) is 5.10 Å². The van der Waals surface area contributed by atoms with Crippen molar-refractivity contribution < 1.29 is 27.8 Å². The minimum atomic E-state index is -4.41. The minimum Gasteiger partial charge on any atom is -0.493 e. The van der Waals surface area contributed by atoms with Crippen LogP contribution in [-0.2, 0) is 10.3 Å². The lowest BCUT2D eigenvalue weighted by molar-refractivity contribution is -0.155. The van der Waals surface area contributed by atoms with Crippen LogP contribution >= 0.6 is 0 Å². The van der Waals surface area contributed by atoms with Crippen molar-refractivity contribution in [3.63, 3.8) is 0 Å². The van der Waals surface area contributed by atoms with Crippen LogP contribution in [-0.4, -0.2) is 34.1 Å². The number of hydrogen-bond acceptors (Lipinski definition) is 3. The second-order valence-corrected chi connectivity index (χ2v) is 4.02. The van der Waals surface area contributed by atoms with Crippen molar-refractivity contribution in [2.75, 3.05) is 7.11 Å². The van der Waals surface area contributed by atoms with Gasteiger partial charge in [0.25, 0.3) is 0 Å². The second-order valence-electron chi connectivity index (χ2n) is 4.02. The molecule has 18 heavy (non-hydrogen) atoms. The van der Waals surface area contributed by atoms with Crippen LogP contribution in [0.1, 0.15) is 19.8 Å². The largest absolute Gasteiger partial charge is 0.493 e. The summed E-state index contributed by atoms with van der Waals surface area (Å²) < 4.78 is 42.4. The van der Waals surface area contributed by atoms with Gasteiger partial charge in [0.05, 0.1) is 19.5 Å². The third kappa shape index (κ3) is 3.14. The van der Waals surface area contributed by atoms with Crippen molar-refractivity contribution in [1.82, 2.24) is 9.78 Å². The lowest BCUT2D eigenvalue weighted by Gasteiger charge is -2.25. The Kier molecular flexibility index (Phi) is 3.88. The van der Waals surface area contributed by atoms with Gasteiger partial charge in [0.15, 0.2) is 11.3 Å². The maximum Gasteiger partial charge on any atom is 0.389 e. The van der Waals surface area contributed by atoms with Crippen molar-refractivity contribution in [3.05, 3.63) is 12.4 Å². The van der Waals surface area contributed by atoms with E-state index in [1.807, 2.05) is 0 Å². The molecular formula is C10H13F3N2O3. The van der Waals surface area contributed by atoms with Crippen molar-refractivity contribution in [2.45, 2.75) is 31.5 Å². The second kappa shape index (κ2) is 4.87. The molecule has 8 heteroatoms. The molecule has 5 nitrogen and oxygen atoms in total. The Morgan fingerprint density at radius 3 is 2.50 bits per heavy atom. The smallest absolute Gasteiger partial charge is 0.389 e. The molecule has 0 bridgehead atoms. The van der Waals surface area contributed by atoms with Gasteiger partial charge in [-0.1, -0.05) is 0 Å². The molecule has 0 aliphatic heterocycles. The van der Waals surface area contributed by atoms with Crippen molar-refractivity contribution in [1.29, 1.82) is 0 Å². The molecule has 102 valence electrons. The topological polar surface area (TPSA) is 64.4 Å². The Morgan fingerprint density at radius 1 is 1.50 bits per heavy atom. The molecule has 0 saturated heterocycles. The maximum atomic E-state index is 12.2. The average Bonchev–Trinajstić information content (AvgIpc) is 2.73. The number of nitrogens with zero attached hydrogens (tertiary/aromatic N) is 2. The number of hydrogen-bond donors (Lipinski definition) is 1. The summed E-state index contributed by atoms with van der Waals surface area (Å²) in [5.41, 5.74) is -1.76. The maximum absolute atomic E-state index is 12.2. The highest BCUT2D eigenvalue weighted by Crippen LogP contribution is 2.30. The third-order valence-corrected chi connectivity index (χ3v) is 2.66. The lowest BCUT2D eigenvalue weighted by atomic mass is 9.96. The zero-order chi connectivity index (χ0) is 14.0. The number of alkyl halides is 3. The first kappa shape index (κ1) is 14.3. The van der Waals surface area contributed by atoms with Gasteiger partial charge in [-0.05, 0) is 13.3 Å². The molecule has 1 N–H and O–H groups in total. The number of carboxylic acids is 1. The van der Waals surface area contributed by atoms with Crippen LogP contribution in [0.3, 0.4) is 0 Å². The molecule has 1 unspecified atom stereocenters. The Balaban J connectivity index is 2.96. The van der Waals surface area contributed by atoms with Crippen LogP contribution in [0.4, 0.5) is 13.2 Å². The minimum absolute atomic E-state index is 0.287. The standard InChI is InChI=1S/C10H13F3N2O3/c1-9(8(16)17,3-4-10(11,12)13)15-6-7(18-2)5-14-15/h5-6H,3-4H2,1-2H3,(H,16,17). The number of carbonyl (C=O) groups is 1. The first-order valence-corrected chi connectivity index (χ1v) is 5.08. The number of halogens is 3. The van der Waals surface area contributed by atoms with E-state index in [9.17, 15) is 18.0 Å². The van der Waals surface area contributed by atoms with Crippen LogP contribution in [0, 0.1) is 0 Å². The molecule has 0 spiro atoms. The number of carboxylic acid groups (broad SMARTS) is 1. The van der Waals surface area contributed by atoms with Crippen LogP contribution in [0.25, 0.3) is 0 Å². The Bertz CT molecular complexity index is 430. The molecule has 0 amide bonds. The number of aromatic nitrogens is 2. The summed E-state index contributed by atoms with van der Waals surface area (Å²) in [6.07, 6.45) is -3.71. The SMILES string of the molecule is COc1cnn(C(C)(CCC(F)(F)F)C(=O)O)c1. The molecule has 1 heterocycles. The van der Waals surface area contributed by atoms with Gasteiger partial charge in [0.1, 0.15) is 0 Å². The molecule has 0 aliphatic carbocycles. The van der Waals surface area contributed by atoms with E-state index in [0.29, 0.717) is 0 Å². The van der Waals surface area contributed by atoms with E-state index in [1.54, 1.807) is 0 Å². The third-order valence-electron chi connectivity index (χ3n) is 2.66.